The predicted octanol–water partition coefficient (Wildman–Crippen LogP) is 13.7. The Labute approximate surface area is 276 Å². The van der Waals surface area contributed by atoms with Gasteiger partial charge in [0.2, 0.25) is 0 Å². The highest BCUT2D eigenvalue weighted by Crippen LogP contribution is 2.47. The molecule has 9 aromatic carbocycles. The molecule has 10 aromatic rings. The number of rotatable bonds is 3. The van der Waals surface area contributed by atoms with E-state index < -0.39 is 0 Å². The molecule has 0 aliphatic carbocycles. The summed E-state index contributed by atoms with van der Waals surface area (Å²) in [5.74, 6) is 0. The van der Waals surface area contributed by atoms with Crippen molar-refractivity contribution >= 4 is 74.6 Å². The molecule has 47 heavy (non-hydrogen) atoms. The molecule has 0 saturated carbocycles. The molecule has 1 heteroatoms. The van der Waals surface area contributed by atoms with Crippen molar-refractivity contribution in [3.05, 3.63) is 170 Å². The molecule has 0 saturated heterocycles. The lowest BCUT2D eigenvalue weighted by molar-refractivity contribution is 1.65. The summed E-state index contributed by atoms with van der Waals surface area (Å²) in [7, 11) is 0. The summed E-state index contributed by atoms with van der Waals surface area (Å²) in [6.07, 6.45) is 0. The van der Waals surface area contributed by atoms with E-state index in [9.17, 15) is 0 Å². The number of thiophene rings is 1. The van der Waals surface area contributed by atoms with Crippen LogP contribution in [0, 0.1) is 0 Å². The molecular formula is C46H28S. The van der Waals surface area contributed by atoms with Crippen molar-refractivity contribution in [3.63, 3.8) is 0 Å². The predicted molar refractivity (Wildman–Crippen MR) is 206 cm³/mol. The lowest BCUT2D eigenvalue weighted by atomic mass is 9.84. The molecule has 1 heterocycles. The fourth-order valence-electron chi connectivity index (χ4n) is 7.80. The van der Waals surface area contributed by atoms with Gasteiger partial charge in [0.15, 0.2) is 0 Å². The molecule has 0 amide bonds. The molecule has 0 bridgehead atoms. The third-order valence-corrected chi connectivity index (χ3v) is 11.0. The Kier molecular flexibility index (Phi) is 5.85. The first-order valence-corrected chi connectivity index (χ1v) is 17.0. The van der Waals surface area contributed by atoms with Gasteiger partial charge in [-0.25, -0.2) is 0 Å². The molecule has 0 aliphatic heterocycles. The van der Waals surface area contributed by atoms with Crippen LogP contribution in [-0.4, -0.2) is 0 Å². The monoisotopic (exact) mass is 612 g/mol. The second-order valence-corrected chi connectivity index (χ2v) is 13.4. The highest BCUT2D eigenvalue weighted by atomic mass is 32.1. The Balaban J connectivity index is 1.27. The van der Waals surface area contributed by atoms with Crippen LogP contribution in [0.15, 0.2) is 170 Å². The van der Waals surface area contributed by atoms with E-state index in [2.05, 4.69) is 170 Å². The number of benzene rings is 9. The van der Waals surface area contributed by atoms with Crippen LogP contribution in [0.25, 0.3) is 96.6 Å². The van der Waals surface area contributed by atoms with Crippen LogP contribution in [0.3, 0.4) is 0 Å². The van der Waals surface area contributed by atoms with Crippen molar-refractivity contribution in [1.82, 2.24) is 0 Å². The topological polar surface area (TPSA) is 0 Å². The van der Waals surface area contributed by atoms with Gasteiger partial charge in [0.1, 0.15) is 0 Å². The van der Waals surface area contributed by atoms with Gasteiger partial charge in [-0.3, -0.25) is 0 Å². The fourth-order valence-corrected chi connectivity index (χ4v) is 9.06. The SMILES string of the molecule is c1cc(-c2c3ccccc3c(-c3cccc4ccccc34)c3ccccc23)cc(-c2cc3ccccc3c3c2sc2ccccc23)c1. The first kappa shape index (κ1) is 26.5. The maximum atomic E-state index is 2.42. The van der Waals surface area contributed by atoms with Gasteiger partial charge in [-0.05, 0) is 89.1 Å². The zero-order valence-electron chi connectivity index (χ0n) is 25.6. The molecule has 218 valence electrons. The Hall–Kier alpha value is -5.76. The minimum atomic E-state index is 1.24. The van der Waals surface area contributed by atoms with Crippen LogP contribution in [0.2, 0.25) is 0 Å². The molecule has 0 nitrogen and oxygen atoms in total. The first-order valence-electron chi connectivity index (χ1n) is 16.2. The summed E-state index contributed by atoms with van der Waals surface area (Å²) in [6.45, 7) is 0. The van der Waals surface area contributed by atoms with Gasteiger partial charge in [0.05, 0.1) is 0 Å². The van der Waals surface area contributed by atoms with E-state index >= 15 is 0 Å². The van der Waals surface area contributed by atoms with Crippen molar-refractivity contribution in [2.24, 2.45) is 0 Å². The summed E-state index contributed by atoms with van der Waals surface area (Å²) in [5.41, 5.74) is 7.64. The normalized spacial score (nSPS) is 11.8. The van der Waals surface area contributed by atoms with Crippen LogP contribution >= 0.6 is 11.3 Å². The molecule has 0 fully saturated rings. The number of hydrogen-bond donors (Lipinski definition) is 0. The zero-order chi connectivity index (χ0) is 30.9. The Bertz CT molecular complexity index is 2790. The van der Waals surface area contributed by atoms with Crippen molar-refractivity contribution in [1.29, 1.82) is 0 Å². The van der Waals surface area contributed by atoms with Gasteiger partial charge >= 0.3 is 0 Å². The maximum Gasteiger partial charge on any atom is 0.0440 e. The fraction of sp³-hybridized carbons (Fsp3) is 0. The minimum Gasteiger partial charge on any atom is -0.135 e. The van der Waals surface area contributed by atoms with Crippen LogP contribution < -0.4 is 0 Å². The maximum absolute atomic E-state index is 2.42. The Morgan fingerprint density at radius 3 is 1.60 bits per heavy atom. The smallest absolute Gasteiger partial charge is 0.0440 e. The van der Waals surface area contributed by atoms with E-state index in [1.54, 1.807) is 0 Å². The molecule has 1 aromatic heterocycles. The van der Waals surface area contributed by atoms with E-state index in [4.69, 9.17) is 0 Å². The van der Waals surface area contributed by atoms with Crippen molar-refractivity contribution < 1.29 is 0 Å². The summed E-state index contributed by atoms with van der Waals surface area (Å²) < 4.78 is 2.68. The van der Waals surface area contributed by atoms with Gasteiger partial charge in [0, 0.05) is 25.7 Å². The van der Waals surface area contributed by atoms with E-state index in [-0.39, 0.29) is 0 Å². The summed E-state index contributed by atoms with van der Waals surface area (Å²) >= 11 is 1.91. The largest absolute Gasteiger partial charge is 0.135 e. The lowest BCUT2D eigenvalue weighted by Gasteiger charge is -2.19. The lowest BCUT2D eigenvalue weighted by Crippen LogP contribution is -1.92. The summed E-state index contributed by atoms with van der Waals surface area (Å²) in [5, 5.41) is 12.9. The van der Waals surface area contributed by atoms with E-state index in [0.717, 1.165) is 0 Å². The highest BCUT2D eigenvalue weighted by molar-refractivity contribution is 7.26. The zero-order valence-corrected chi connectivity index (χ0v) is 26.4. The van der Waals surface area contributed by atoms with Crippen molar-refractivity contribution in [3.8, 4) is 33.4 Å². The number of hydrogen-bond acceptors (Lipinski definition) is 1. The van der Waals surface area contributed by atoms with Crippen molar-refractivity contribution in [2.45, 2.75) is 0 Å². The van der Waals surface area contributed by atoms with Gasteiger partial charge in [-0.2, -0.15) is 0 Å². The van der Waals surface area contributed by atoms with E-state index in [1.165, 1.54) is 96.6 Å². The van der Waals surface area contributed by atoms with E-state index in [0.29, 0.717) is 0 Å². The highest BCUT2D eigenvalue weighted by Gasteiger charge is 2.19. The van der Waals surface area contributed by atoms with Gasteiger partial charge in [-0.15, -0.1) is 11.3 Å². The standard InChI is InChI=1S/C46H28S/c1-3-18-33-29(13-1)15-12-25-35(33)44-38-22-7-5-20-36(38)43(37-21-6-8-23-39(37)44)32-17-11-16-30(27-32)41-28-31-14-2-4-19-34(31)45-40-24-9-10-26-42(40)47-46(41)45/h1-28H. The van der Waals surface area contributed by atoms with Crippen molar-refractivity contribution in [2.75, 3.05) is 0 Å². The van der Waals surface area contributed by atoms with Crippen LogP contribution in [0.1, 0.15) is 0 Å². The molecule has 0 spiro atoms. The quantitative estimate of drug-likeness (QED) is 0.174. The van der Waals surface area contributed by atoms with Crippen LogP contribution in [0.5, 0.6) is 0 Å². The number of fused-ring (bicyclic) bond motifs is 8. The molecule has 0 N–H and O–H groups in total. The Morgan fingerprint density at radius 2 is 0.851 bits per heavy atom. The third-order valence-electron chi connectivity index (χ3n) is 9.82. The van der Waals surface area contributed by atoms with Gasteiger partial charge < -0.3 is 0 Å². The summed E-state index contributed by atoms with van der Waals surface area (Å²) in [4.78, 5) is 0. The van der Waals surface area contributed by atoms with Gasteiger partial charge in [-0.1, -0.05) is 152 Å². The second-order valence-electron chi connectivity index (χ2n) is 12.4. The third kappa shape index (κ3) is 4.00. The average Bonchev–Trinajstić information content (AvgIpc) is 3.53. The molecule has 0 atom stereocenters. The first-order chi connectivity index (χ1) is 23.3. The molecule has 10 rings (SSSR count). The second kappa shape index (κ2) is 10.4. The van der Waals surface area contributed by atoms with E-state index in [1.807, 2.05) is 11.3 Å². The Morgan fingerprint density at radius 1 is 0.319 bits per heavy atom. The van der Waals surface area contributed by atoms with Gasteiger partial charge in [0.25, 0.3) is 0 Å². The average molecular weight is 613 g/mol. The van der Waals surface area contributed by atoms with Crippen LogP contribution in [-0.2, 0) is 0 Å². The molecule has 0 radical (unpaired) electrons. The minimum absolute atomic E-state index is 1.24. The molecule has 0 aliphatic rings. The molecule has 0 unspecified atom stereocenters. The van der Waals surface area contributed by atoms with Crippen LogP contribution in [0.4, 0.5) is 0 Å². The summed E-state index contributed by atoms with van der Waals surface area (Å²) in [6, 6.07) is 62.7. The molecular weight excluding hydrogens is 585 g/mol.